The van der Waals surface area contributed by atoms with Gasteiger partial charge in [-0.25, -0.2) is 4.98 Å². The van der Waals surface area contributed by atoms with Crippen molar-refractivity contribution in [3.05, 3.63) is 107 Å². The van der Waals surface area contributed by atoms with Crippen LogP contribution in [0.3, 0.4) is 0 Å². The summed E-state index contributed by atoms with van der Waals surface area (Å²) in [7, 11) is 0. The molecular weight excluding hydrogens is 380 g/mol. The Kier molecular flexibility index (Phi) is 5.68. The summed E-state index contributed by atoms with van der Waals surface area (Å²) in [5.41, 5.74) is 2.96. The second kappa shape index (κ2) is 8.71. The van der Waals surface area contributed by atoms with Crippen LogP contribution in [0.2, 0.25) is 0 Å². The molecule has 0 radical (unpaired) electrons. The zero-order chi connectivity index (χ0) is 20.1. The lowest BCUT2D eigenvalue weighted by molar-refractivity contribution is 0.102. The predicted molar refractivity (Wildman–Crippen MR) is 117 cm³/mol. The summed E-state index contributed by atoms with van der Waals surface area (Å²) in [5, 5.41) is 3.47. The molecule has 0 fully saturated rings. The highest BCUT2D eigenvalue weighted by Crippen LogP contribution is 2.24. The summed E-state index contributed by atoms with van der Waals surface area (Å²) >= 11 is 1.49. The number of anilines is 1. The van der Waals surface area contributed by atoms with E-state index in [-0.39, 0.29) is 5.91 Å². The lowest BCUT2D eigenvalue weighted by Crippen LogP contribution is -2.11. The van der Waals surface area contributed by atoms with Gasteiger partial charge in [0.2, 0.25) is 0 Å². The molecule has 0 saturated carbocycles. The third-order valence-corrected chi connectivity index (χ3v) is 5.28. The highest BCUT2D eigenvalue weighted by molar-refractivity contribution is 7.15. The van der Waals surface area contributed by atoms with Crippen molar-refractivity contribution < 1.29 is 9.53 Å². The van der Waals surface area contributed by atoms with Crippen LogP contribution in [-0.2, 0) is 6.42 Å². The fourth-order valence-electron chi connectivity index (χ4n) is 2.83. The van der Waals surface area contributed by atoms with Gasteiger partial charge in [-0.05, 0) is 48.9 Å². The second-order valence-corrected chi connectivity index (χ2v) is 7.80. The Bertz CT molecular complexity index is 1090. The summed E-state index contributed by atoms with van der Waals surface area (Å²) in [6.07, 6.45) is 2.62. The van der Waals surface area contributed by atoms with E-state index in [0.717, 1.165) is 17.0 Å². The Morgan fingerprint density at radius 3 is 2.28 bits per heavy atom. The maximum atomic E-state index is 12.5. The van der Waals surface area contributed by atoms with E-state index in [1.54, 1.807) is 24.3 Å². The molecule has 5 heteroatoms. The lowest BCUT2D eigenvalue weighted by Gasteiger charge is -2.07. The molecule has 4 nitrogen and oxygen atoms in total. The molecule has 4 rings (SSSR count). The first-order valence-corrected chi connectivity index (χ1v) is 10.1. The van der Waals surface area contributed by atoms with Gasteiger partial charge in [0.1, 0.15) is 11.5 Å². The van der Waals surface area contributed by atoms with Gasteiger partial charge in [0, 0.05) is 23.1 Å². The van der Waals surface area contributed by atoms with Gasteiger partial charge >= 0.3 is 0 Å². The fourth-order valence-corrected chi connectivity index (χ4v) is 3.67. The minimum Gasteiger partial charge on any atom is -0.457 e. The highest BCUT2D eigenvalue weighted by atomic mass is 32.1. The number of benzene rings is 3. The SMILES string of the molecule is Cc1ccc(Oc2ccc(C(=O)Nc3ncc(Cc4ccccc4)s3)cc2)cc1. The highest BCUT2D eigenvalue weighted by Gasteiger charge is 2.10. The van der Waals surface area contributed by atoms with Crippen LogP contribution in [0.5, 0.6) is 11.5 Å². The van der Waals surface area contributed by atoms with Crippen LogP contribution in [0, 0.1) is 6.92 Å². The van der Waals surface area contributed by atoms with E-state index in [2.05, 4.69) is 22.4 Å². The largest absolute Gasteiger partial charge is 0.457 e. The number of carbonyl (C=O) groups is 1. The Balaban J connectivity index is 1.36. The van der Waals surface area contributed by atoms with Crippen molar-refractivity contribution >= 4 is 22.4 Å². The number of ether oxygens (including phenoxy) is 1. The normalized spacial score (nSPS) is 10.5. The fraction of sp³-hybridized carbons (Fsp3) is 0.0833. The van der Waals surface area contributed by atoms with Crippen molar-refractivity contribution in [3.8, 4) is 11.5 Å². The van der Waals surface area contributed by atoms with Crippen LogP contribution in [-0.4, -0.2) is 10.9 Å². The molecule has 0 atom stereocenters. The van der Waals surface area contributed by atoms with Crippen LogP contribution in [0.4, 0.5) is 5.13 Å². The topological polar surface area (TPSA) is 51.2 Å². The van der Waals surface area contributed by atoms with Gasteiger partial charge in [-0.2, -0.15) is 0 Å². The molecule has 0 saturated heterocycles. The third kappa shape index (κ3) is 5.09. The number of hydrogen-bond donors (Lipinski definition) is 1. The van der Waals surface area contributed by atoms with Crippen LogP contribution in [0.1, 0.15) is 26.4 Å². The molecule has 29 heavy (non-hydrogen) atoms. The van der Waals surface area contributed by atoms with E-state index in [1.807, 2.05) is 55.6 Å². The summed E-state index contributed by atoms with van der Waals surface area (Å²) in [6.45, 7) is 2.03. The Morgan fingerprint density at radius 2 is 1.59 bits per heavy atom. The molecule has 0 spiro atoms. The lowest BCUT2D eigenvalue weighted by atomic mass is 10.1. The first kappa shape index (κ1) is 18.9. The van der Waals surface area contributed by atoms with Gasteiger partial charge in [-0.15, -0.1) is 11.3 Å². The van der Waals surface area contributed by atoms with Crippen molar-refractivity contribution in [2.75, 3.05) is 5.32 Å². The van der Waals surface area contributed by atoms with E-state index < -0.39 is 0 Å². The van der Waals surface area contributed by atoms with Crippen LogP contribution < -0.4 is 10.1 Å². The number of nitrogens with zero attached hydrogens (tertiary/aromatic N) is 1. The minimum atomic E-state index is -0.188. The number of nitrogens with one attached hydrogen (secondary N) is 1. The maximum absolute atomic E-state index is 12.5. The summed E-state index contributed by atoms with van der Waals surface area (Å²) in [5.74, 6) is 1.26. The molecule has 0 aliphatic heterocycles. The quantitative estimate of drug-likeness (QED) is 0.426. The number of rotatable bonds is 6. The maximum Gasteiger partial charge on any atom is 0.257 e. The van der Waals surface area contributed by atoms with E-state index in [4.69, 9.17) is 4.74 Å². The Hall–Kier alpha value is -3.44. The number of aromatic nitrogens is 1. The molecule has 0 unspecified atom stereocenters. The van der Waals surface area contributed by atoms with Crippen LogP contribution >= 0.6 is 11.3 Å². The zero-order valence-corrected chi connectivity index (χ0v) is 16.8. The van der Waals surface area contributed by atoms with Gasteiger partial charge in [-0.3, -0.25) is 10.1 Å². The Morgan fingerprint density at radius 1 is 0.931 bits per heavy atom. The molecule has 0 aliphatic rings. The monoisotopic (exact) mass is 400 g/mol. The van der Waals surface area contributed by atoms with E-state index in [1.165, 1.54) is 22.5 Å². The average Bonchev–Trinajstić information content (AvgIpc) is 3.17. The summed E-state index contributed by atoms with van der Waals surface area (Å²) < 4.78 is 5.80. The van der Waals surface area contributed by atoms with Gasteiger partial charge < -0.3 is 4.74 Å². The predicted octanol–water partition coefficient (Wildman–Crippen LogP) is 6.09. The number of hydrogen-bond acceptors (Lipinski definition) is 4. The third-order valence-electron chi connectivity index (χ3n) is 4.37. The van der Waals surface area contributed by atoms with Crippen LogP contribution in [0.25, 0.3) is 0 Å². The molecule has 1 aromatic heterocycles. The van der Waals surface area contributed by atoms with Crippen LogP contribution in [0.15, 0.2) is 85.1 Å². The number of aryl methyl sites for hydroxylation is 1. The van der Waals surface area contributed by atoms with Gasteiger partial charge in [0.05, 0.1) is 0 Å². The molecule has 1 heterocycles. The van der Waals surface area contributed by atoms with Crippen molar-refractivity contribution in [1.82, 2.24) is 4.98 Å². The number of amides is 1. The van der Waals surface area contributed by atoms with Crippen molar-refractivity contribution in [2.24, 2.45) is 0 Å². The average molecular weight is 401 g/mol. The standard InChI is InChI=1S/C24H20N2O2S/c1-17-7-11-20(12-8-17)28-21-13-9-19(10-14-21)23(27)26-24-25-16-22(29-24)15-18-5-3-2-4-6-18/h2-14,16H,15H2,1H3,(H,25,26,27). The van der Waals surface area contributed by atoms with Crippen molar-refractivity contribution in [2.45, 2.75) is 13.3 Å². The molecule has 1 N–H and O–H groups in total. The van der Waals surface area contributed by atoms with E-state index in [9.17, 15) is 4.79 Å². The molecule has 1 amide bonds. The van der Waals surface area contributed by atoms with Gasteiger partial charge in [0.15, 0.2) is 5.13 Å². The summed E-state index contributed by atoms with van der Waals surface area (Å²) in [6, 6.07) is 25.1. The second-order valence-electron chi connectivity index (χ2n) is 6.69. The van der Waals surface area contributed by atoms with E-state index >= 15 is 0 Å². The smallest absolute Gasteiger partial charge is 0.257 e. The molecular formula is C24H20N2O2S. The van der Waals surface area contributed by atoms with Gasteiger partial charge in [-0.1, -0.05) is 48.0 Å². The molecule has 4 aromatic rings. The number of carbonyl (C=O) groups excluding carboxylic acids is 1. The molecule has 144 valence electrons. The zero-order valence-electron chi connectivity index (χ0n) is 16.0. The molecule has 3 aromatic carbocycles. The molecule has 0 bridgehead atoms. The summed E-state index contributed by atoms with van der Waals surface area (Å²) in [4.78, 5) is 17.9. The first-order valence-electron chi connectivity index (χ1n) is 9.30. The van der Waals surface area contributed by atoms with Crippen molar-refractivity contribution in [1.29, 1.82) is 0 Å². The van der Waals surface area contributed by atoms with Gasteiger partial charge in [0.25, 0.3) is 5.91 Å². The number of thiazole rings is 1. The molecule has 0 aliphatic carbocycles. The van der Waals surface area contributed by atoms with E-state index in [0.29, 0.717) is 16.4 Å². The Labute approximate surface area is 173 Å². The minimum absolute atomic E-state index is 0.188. The first-order chi connectivity index (χ1) is 14.2. The van der Waals surface area contributed by atoms with Crippen molar-refractivity contribution in [3.63, 3.8) is 0 Å².